The van der Waals surface area contributed by atoms with Crippen LogP contribution in [0.3, 0.4) is 0 Å². The van der Waals surface area contributed by atoms with Gasteiger partial charge in [-0.2, -0.15) is 11.8 Å². The van der Waals surface area contributed by atoms with E-state index in [-0.39, 0.29) is 23.1 Å². The van der Waals surface area contributed by atoms with Gasteiger partial charge in [0, 0.05) is 5.56 Å². The number of nitrogens with one attached hydrogen (secondary N) is 2. The number of esters is 1. The van der Waals surface area contributed by atoms with E-state index in [9.17, 15) is 14.4 Å². The molecule has 2 unspecified atom stereocenters. The van der Waals surface area contributed by atoms with E-state index in [1.54, 1.807) is 23.9 Å². The summed E-state index contributed by atoms with van der Waals surface area (Å²) in [6, 6.07) is 5.95. The van der Waals surface area contributed by atoms with Gasteiger partial charge in [-0.1, -0.05) is 46.8 Å². The maximum absolute atomic E-state index is 12.9. The molecule has 168 valence electrons. The standard InChI is InChI=1S/C23H36N2O4S/c1-15(2)14-19(21(27)24-18(12-13-30-7)22(28)29-6)25-20(26)16-8-10-17(11-9-16)23(3,4)5/h8-11,15,18-19H,12-14H2,1-7H3,(H,24,27)(H,25,26). The Morgan fingerprint density at radius 1 is 1.03 bits per heavy atom. The summed E-state index contributed by atoms with van der Waals surface area (Å²) in [5.74, 6) is -0.270. The molecule has 2 atom stereocenters. The van der Waals surface area contributed by atoms with Crippen LogP contribution >= 0.6 is 11.8 Å². The summed E-state index contributed by atoms with van der Waals surface area (Å²) >= 11 is 1.59. The van der Waals surface area contributed by atoms with Gasteiger partial charge >= 0.3 is 5.97 Å². The van der Waals surface area contributed by atoms with Crippen LogP contribution in [0.25, 0.3) is 0 Å². The predicted molar refractivity (Wildman–Crippen MR) is 123 cm³/mol. The topological polar surface area (TPSA) is 84.5 Å². The fraction of sp³-hybridized carbons (Fsp3) is 0.609. The van der Waals surface area contributed by atoms with E-state index >= 15 is 0 Å². The maximum atomic E-state index is 12.9. The van der Waals surface area contributed by atoms with Gasteiger partial charge in [-0.25, -0.2) is 4.79 Å². The first-order chi connectivity index (χ1) is 14.0. The van der Waals surface area contributed by atoms with Crippen molar-refractivity contribution >= 4 is 29.5 Å². The van der Waals surface area contributed by atoms with Crippen LogP contribution in [0.4, 0.5) is 0 Å². The highest BCUT2D eigenvalue weighted by Crippen LogP contribution is 2.22. The maximum Gasteiger partial charge on any atom is 0.328 e. The van der Waals surface area contributed by atoms with Crippen molar-refractivity contribution in [3.05, 3.63) is 35.4 Å². The molecule has 1 aromatic rings. The molecule has 6 nitrogen and oxygen atoms in total. The Kier molecular flexibility index (Phi) is 10.4. The highest BCUT2D eigenvalue weighted by molar-refractivity contribution is 7.98. The minimum atomic E-state index is -0.735. The molecule has 1 rings (SSSR count). The monoisotopic (exact) mass is 436 g/mol. The van der Waals surface area contributed by atoms with Gasteiger partial charge < -0.3 is 15.4 Å². The van der Waals surface area contributed by atoms with Crippen molar-refractivity contribution in [2.45, 2.75) is 65.0 Å². The Morgan fingerprint density at radius 3 is 2.10 bits per heavy atom. The Labute approximate surface area is 184 Å². The van der Waals surface area contributed by atoms with Crippen molar-refractivity contribution in [3.8, 4) is 0 Å². The lowest BCUT2D eigenvalue weighted by Gasteiger charge is -2.23. The van der Waals surface area contributed by atoms with Crippen LogP contribution in [0.1, 0.15) is 63.4 Å². The lowest BCUT2D eigenvalue weighted by atomic mass is 9.86. The lowest BCUT2D eigenvalue weighted by Crippen LogP contribution is -2.52. The van der Waals surface area contributed by atoms with Crippen LogP contribution in [0.2, 0.25) is 0 Å². The van der Waals surface area contributed by atoms with Crippen molar-refractivity contribution in [1.82, 2.24) is 10.6 Å². The zero-order valence-corrected chi connectivity index (χ0v) is 20.0. The number of amides is 2. The Bertz CT molecular complexity index is 711. The number of hydrogen-bond donors (Lipinski definition) is 2. The fourth-order valence-electron chi connectivity index (χ4n) is 2.97. The smallest absolute Gasteiger partial charge is 0.328 e. The molecule has 2 amide bonds. The zero-order chi connectivity index (χ0) is 22.9. The molecule has 0 aliphatic heterocycles. The number of carbonyl (C=O) groups excluding carboxylic acids is 3. The van der Waals surface area contributed by atoms with Gasteiger partial charge in [0.2, 0.25) is 5.91 Å². The second-order valence-corrected chi connectivity index (χ2v) is 9.83. The van der Waals surface area contributed by atoms with E-state index in [1.165, 1.54) is 7.11 Å². The molecule has 0 aliphatic rings. The molecule has 0 spiro atoms. The number of thioether (sulfide) groups is 1. The summed E-state index contributed by atoms with van der Waals surface area (Å²) in [7, 11) is 1.30. The Morgan fingerprint density at radius 2 is 1.63 bits per heavy atom. The van der Waals surface area contributed by atoms with Gasteiger partial charge in [0.05, 0.1) is 7.11 Å². The minimum Gasteiger partial charge on any atom is -0.467 e. The van der Waals surface area contributed by atoms with Crippen molar-refractivity contribution < 1.29 is 19.1 Å². The number of benzene rings is 1. The normalized spacial score (nSPS) is 13.5. The largest absolute Gasteiger partial charge is 0.467 e. The molecule has 0 bridgehead atoms. The first-order valence-electron chi connectivity index (χ1n) is 10.3. The second kappa shape index (κ2) is 12.0. The average molecular weight is 437 g/mol. The SMILES string of the molecule is COC(=O)C(CCSC)NC(=O)C(CC(C)C)NC(=O)c1ccc(C(C)(C)C)cc1. The third kappa shape index (κ3) is 8.38. The lowest BCUT2D eigenvalue weighted by molar-refractivity contribution is -0.145. The summed E-state index contributed by atoms with van der Waals surface area (Å²) in [5, 5.41) is 5.58. The van der Waals surface area contributed by atoms with E-state index in [1.807, 2.05) is 32.2 Å². The van der Waals surface area contributed by atoms with E-state index in [4.69, 9.17) is 4.74 Å². The Hall–Kier alpha value is -2.02. The van der Waals surface area contributed by atoms with E-state index in [2.05, 4.69) is 31.4 Å². The van der Waals surface area contributed by atoms with E-state index < -0.39 is 18.1 Å². The van der Waals surface area contributed by atoms with Gasteiger partial charge in [-0.05, 0) is 53.9 Å². The molecule has 0 radical (unpaired) electrons. The number of methoxy groups -OCH3 is 1. The van der Waals surface area contributed by atoms with Gasteiger partial charge in [-0.3, -0.25) is 9.59 Å². The van der Waals surface area contributed by atoms with Gasteiger partial charge in [0.25, 0.3) is 5.91 Å². The first-order valence-corrected chi connectivity index (χ1v) is 11.7. The summed E-state index contributed by atoms with van der Waals surface area (Å²) in [6.07, 6.45) is 2.87. The molecule has 1 aromatic carbocycles. The van der Waals surface area contributed by atoms with Crippen LogP contribution in [-0.2, 0) is 19.7 Å². The highest BCUT2D eigenvalue weighted by Gasteiger charge is 2.28. The minimum absolute atomic E-state index is 0.00521. The molecule has 30 heavy (non-hydrogen) atoms. The zero-order valence-electron chi connectivity index (χ0n) is 19.2. The third-order valence-electron chi connectivity index (χ3n) is 4.75. The summed E-state index contributed by atoms with van der Waals surface area (Å²) in [5.41, 5.74) is 1.62. The van der Waals surface area contributed by atoms with Gasteiger partial charge in [0.15, 0.2) is 0 Å². The van der Waals surface area contributed by atoms with Crippen LogP contribution in [0.5, 0.6) is 0 Å². The molecule has 0 saturated carbocycles. The molecule has 7 heteroatoms. The molecule has 0 heterocycles. The highest BCUT2D eigenvalue weighted by atomic mass is 32.2. The van der Waals surface area contributed by atoms with Crippen LogP contribution < -0.4 is 10.6 Å². The number of hydrogen-bond acceptors (Lipinski definition) is 5. The molecule has 0 aliphatic carbocycles. The van der Waals surface area contributed by atoms with Crippen molar-refractivity contribution in [2.75, 3.05) is 19.1 Å². The predicted octanol–water partition coefficient (Wildman–Crippen LogP) is 3.54. The Balaban J connectivity index is 2.93. The van der Waals surface area contributed by atoms with Crippen molar-refractivity contribution in [2.24, 2.45) is 5.92 Å². The van der Waals surface area contributed by atoms with Crippen molar-refractivity contribution in [1.29, 1.82) is 0 Å². The third-order valence-corrected chi connectivity index (χ3v) is 5.40. The molecule has 0 saturated heterocycles. The quantitative estimate of drug-likeness (QED) is 0.548. The van der Waals surface area contributed by atoms with Crippen molar-refractivity contribution in [3.63, 3.8) is 0 Å². The summed E-state index contributed by atoms with van der Waals surface area (Å²) < 4.78 is 4.81. The first kappa shape index (κ1) is 26.0. The second-order valence-electron chi connectivity index (χ2n) is 8.85. The molecule has 0 fully saturated rings. The van der Waals surface area contributed by atoms with Gasteiger partial charge in [0.1, 0.15) is 12.1 Å². The van der Waals surface area contributed by atoms with E-state index in [0.29, 0.717) is 24.2 Å². The summed E-state index contributed by atoms with van der Waals surface area (Å²) in [4.78, 5) is 37.7. The van der Waals surface area contributed by atoms with Crippen LogP contribution in [0, 0.1) is 5.92 Å². The molecular weight excluding hydrogens is 400 g/mol. The number of rotatable bonds is 10. The number of carbonyl (C=O) groups is 3. The molecular formula is C23H36N2O4S. The molecule has 0 aromatic heterocycles. The molecule has 2 N–H and O–H groups in total. The van der Waals surface area contributed by atoms with Crippen LogP contribution in [0.15, 0.2) is 24.3 Å². The van der Waals surface area contributed by atoms with Crippen LogP contribution in [-0.4, -0.2) is 49.0 Å². The van der Waals surface area contributed by atoms with Gasteiger partial charge in [-0.15, -0.1) is 0 Å². The fourth-order valence-corrected chi connectivity index (χ4v) is 3.44. The number of ether oxygens (including phenoxy) is 1. The average Bonchev–Trinajstić information content (AvgIpc) is 2.68. The summed E-state index contributed by atoms with van der Waals surface area (Å²) in [6.45, 7) is 10.3. The van der Waals surface area contributed by atoms with E-state index in [0.717, 1.165) is 5.56 Å².